The van der Waals surface area contributed by atoms with E-state index in [1.165, 1.54) is 0 Å². The molecule has 1 aliphatic carbocycles. The van der Waals surface area contributed by atoms with Gasteiger partial charge in [0.15, 0.2) is 0 Å². The molecule has 0 spiro atoms. The predicted molar refractivity (Wildman–Crippen MR) is 77.3 cm³/mol. The fraction of sp³-hybridized carbons (Fsp3) is 0.533. The number of amidine groups is 1. The summed E-state index contributed by atoms with van der Waals surface area (Å²) < 4.78 is 0. The van der Waals surface area contributed by atoms with Crippen molar-refractivity contribution in [2.24, 2.45) is 11.7 Å². The molecule has 4 nitrogen and oxygen atoms in total. The normalized spacial score (nSPS) is 23.9. The molecule has 1 saturated carbocycles. The average molecular weight is 261 g/mol. The Bertz CT molecular complexity index is 415. The van der Waals surface area contributed by atoms with Crippen LogP contribution in [0.25, 0.3) is 0 Å². The first-order chi connectivity index (χ1) is 9.06. The van der Waals surface area contributed by atoms with E-state index in [-0.39, 0.29) is 17.9 Å². The van der Waals surface area contributed by atoms with Crippen molar-refractivity contribution in [3.8, 4) is 0 Å². The summed E-state index contributed by atoms with van der Waals surface area (Å²) in [6.45, 7) is 1.72. The number of aliphatic hydroxyl groups is 1. The molecule has 1 aliphatic rings. The Morgan fingerprint density at radius 3 is 2.58 bits per heavy atom. The lowest BCUT2D eigenvalue weighted by Crippen LogP contribution is -2.40. The number of benzene rings is 1. The van der Waals surface area contributed by atoms with Gasteiger partial charge in [0, 0.05) is 13.1 Å². The first-order valence-electron chi connectivity index (χ1n) is 6.81. The van der Waals surface area contributed by atoms with Gasteiger partial charge in [-0.2, -0.15) is 0 Å². The maximum absolute atomic E-state index is 9.31. The summed E-state index contributed by atoms with van der Waals surface area (Å²) in [6, 6.07) is 9.97. The van der Waals surface area contributed by atoms with E-state index in [9.17, 15) is 5.11 Å². The smallest absolute Gasteiger partial charge is 0.0995 e. The van der Waals surface area contributed by atoms with Gasteiger partial charge in [0.1, 0.15) is 0 Å². The van der Waals surface area contributed by atoms with Crippen LogP contribution in [0, 0.1) is 11.3 Å². The SMILES string of the molecule is CN(CC1CC(O)C1)CC(C(=N)N)c1ccccc1. The number of likely N-dealkylation sites (N-methyl/N-ethyl adjacent to an activating group) is 1. The van der Waals surface area contributed by atoms with Gasteiger partial charge in [-0.05, 0) is 31.4 Å². The van der Waals surface area contributed by atoms with Crippen LogP contribution in [0.2, 0.25) is 0 Å². The second kappa shape index (κ2) is 6.17. The molecule has 0 radical (unpaired) electrons. The molecule has 0 aromatic heterocycles. The Morgan fingerprint density at radius 2 is 2.05 bits per heavy atom. The minimum Gasteiger partial charge on any atom is -0.393 e. The van der Waals surface area contributed by atoms with Gasteiger partial charge in [-0.3, -0.25) is 5.41 Å². The standard InChI is InChI=1S/C15H23N3O/c1-18(9-11-7-13(19)8-11)10-14(15(16)17)12-5-3-2-4-6-12/h2-6,11,13-14,19H,7-10H2,1H3,(H3,16,17). The van der Waals surface area contributed by atoms with Crippen LogP contribution in [0.15, 0.2) is 30.3 Å². The molecule has 19 heavy (non-hydrogen) atoms. The van der Waals surface area contributed by atoms with Crippen molar-refractivity contribution in [3.05, 3.63) is 35.9 Å². The van der Waals surface area contributed by atoms with Gasteiger partial charge in [-0.25, -0.2) is 0 Å². The monoisotopic (exact) mass is 261 g/mol. The molecule has 0 saturated heterocycles. The molecule has 1 aromatic rings. The number of hydrogen-bond acceptors (Lipinski definition) is 3. The van der Waals surface area contributed by atoms with Crippen LogP contribution in [0.1, 0.15) is 24.3 Å². The summed E-state index contributed by atoms with van der Waals surface area (Å²) in [7, 11) is 2.06. The molecule has 1 unspecified atom stereocenters. The Labute approximate surface area is 114 Å². The summed E-state index contributed by atoms with van der Waals surface area (Å²) in [5.41, 5.74) is 6.83. The van der Waals surface area contributed by atoms with Gasteiger partial charge in [0.2, 0.25) is 0 Å². The van der Waals surface area contributed by atoms with E-state index in [0.717, 1.165) is 31.5 Å². The van der Waals surface area contributed by atoms with Crippen LogP contribution < -0.4 is 5.73 Å². The van der Waals surface area contributed by atoms with Crippen LogP contribution in [0.4, 0.5) is 0 Å². The maximum Gasteiger partial charge on any atom is 0.0995 e. The lowest BCUT2D eigenvalue weighted by atomic mass is 9.82. The highest BCUT2D eigenvalue weighted by atomic mass is 16.3. The zero-order chi connectivity index (χ0) is 13.8. The van der Waals surface area contributed by atoms with Gasteiger partial charge >= 0.3 is 0 Å². The molecule has 0 heterocycles. The van der Waals surface area contributed by atoms with Crippen LogP contribution in [-0.4, -0.2) is 42.1 Å². The van der Waals surface area contributed by atoms with E-state index < -0.39 is 0 Å². The number of nitrogens with two attached hydrogens (primary N) is 1. The van der Waals surface area contributed by atoms with Gasteiger partial charge < -0.3 is 15.7 Å². The molecule has 104 valence electrons. The van der Waals surface area contributed by atoms with Crippen molar-refractivity contribution in [1.82, 2.24) is 4.90 Å². The third-order valence-electron chi connectivity index (χ3n) is 3.85. The van der Waals surface area contributed by atoms with E-state index >= 15 is 0 Å². The lowest BCUT2D eigenvalue weighted by Gasteiger charge is -2.35. The molecule has 0 aliphatic heterocycles. The first kappa shape index (κ1) is 14.0. The zero-order valence-corrected chi connectivity index (χ0v) is 11.4. The largest absolute Gasteiger partial charge is 0.393 e. The number of nitrogens with one attached hydrogen (secondary N) is 1. The maximum atomic E-state index is 9.31. The van der Waals surface area contributed by atoms with Crippen LogP contribution in [0.5, 0.6) is 0 Å². The Balaban J connectivity index is 1.91. The van der Waals surface area contributed by atoms with Crippen molar-refractivity contribution in [1.29, 1.82) is 5.41 Å². The molecular formula is C15H23N3O. The molecule has 4 N–H and O–H groups in total. The van der Waals surface area contributed by atoms with E-state index in [1.54, 1.807) is 0 Å². The van der Waals surface area contributed by atoms with E-state index in [1.807, 2.05) is 30.3 Å². The molecule has 1 aromatic carbocycles. The molecule has 0 amide bonds. The van der Waals surface area contributed by atoms with Crippen molar-refractivity contribution < 1.29 is 5.11 Å². The molecular weight excluding hydrogens is 238 g/mol. The summed E-state index contributed by atoms with van der Waals surface area (Å²) in [6.07, 6.45) is 1.71. The topological polar surface area (TPSA) is 73.3 Å². The highest BCUT2D eigenvalue weighted by Crippen LogP contribution is 2.28. The number of nitrogens with zero attached hydrogens (tertiary/aromatic N) is 1. The minimum absolute atomic E-state index is 0.0452. The molecule has 4 heteroatoms. The third-order valence-corrected chi connectivity index (χ3v) is 3.85. The van der Waals surface area contributed by atoms with E-state index in [0.29, 0.717) is 5.92 Å². The van der Waals surface area contributed by atoms with Crippen molar-refractivity contribution in [2.75, 3.05) is 20.1 Å². The summed E-state index contributed by atoms with van der Waals surface area (Å²) in [5, 5.41) is 17.1. The van der Waals surface area contributed by atoms with Gasteiger partial charge in [0.25, 0.3) is 0 Å². The molecule has 2 rings (SSSR count). The Kier molecular flexibility index (Phi) is 4.56. The van der Waals surface area contributed by atoms with Crippen molar-refractivity contribution in [2.45, 2.75) is 24.9 Å². The Hall–Kier alpha value is -1.39. The van der Waals surface area contributed by atoms with Crippen molar-refractivity contribution in [3.63, 3.8) is 0 Å². The van der Waals surface area contributed by atoms with Gasteiger partial charge in [0.05, 0.1) is 17.9 Å². The van der Waals surface area contributed by atoms with Crippen LogP contribution >= 0.6 is 0 Å². The Morgan fingerprint density at radius 1 is 1.42 bits per heavy atom. The highest BCUT2D eigenvalue weighted by molar-refractivity contribution is 5.84. The van der Waals surface area contributed by atoms with Gasteiger partial charge in [-0.15, -0.1) is 0 Å². The summed E-state index contributed by atoms with van der Waals surface area (Å²) in [4.78, 5) is 2.22. The molecule has 1 fully saturated rings. The fourth-order valence-electron chi connectivity index (χ4n) is 2.75. The van der Waals surface area contributed by atoms with Gasteiger partial charge in [-0.1, -0.05) is 30.3 Å². The second-order valence-electron chi connectivity index (χ2n) is 5.63. The summed E-state index contributed by atoms with van der Waals surface area (Å²) in [5.74, 6) is 0.756. The summed E-state index contributed by atoms with van der Waals surface area (Å²) >= 11 is 0. The second-order valence-corrected chi connectivity index (χ2v) is 5.63. The minimum atomic E-state index is -0.101. The van der Waals surface area contributed by atoms with E-state index in [4.69, 9.17) is 11.1 Å². The highest BCUT2D eigenvalue weighted by Gasteiger charge is 2.28. The molecule has 1 atom stereocenters. The fourth-order valence-corrected chi connectivity index (χ4v) is 2.75. The number of rotatable bonds is 6. The zero-order valence-electron chi connectivity index (χ0n) is 11.4. The van der Waals surface area contributed by atoms with Crippen molar-refractivity contribution >= 4 is 5.84 Å². The molecule has 0 bridgehead atoms. The lowest BCUT2D eigenvalue weighted by molar-refractivity contribution is 0.0282. The average Bonchev–Trinajstić information content (AvgIpc) is 2.35. The predicted octanol–water partition coefficient (Wildman–Crippen LogP) is 1.41. The van der Waals surface area contributed by atoms with E-state index in [2.05, 4.69) is 11.9 Å². The number of hydrogen-bond donors (Lipinski definition) is 3. The van der Waals surface area contributed by atoms with Crippen LogP contribution in [0.3, 0.4) is 0 Å². The van der Waals surface area contributed by atoms with Crippen LogP contribution in [-0.2, 0) is 0 Å². The first-order valence-corrected chi connectivity index (χ1v) is 6.81. The number of aliphatic hydroxyl groups excluding tert-OH is 1. The quantitative estimate of drug-likeness (QED) is 0.535. The third kappa shape index (κ3) is 3.78.